The van der Waals surface area contributed by atoms with E-state index in [-0.39, 0.29) is 6.54 Å². The van der Waals surface area contributed by atoms with E-state index in [1.807, 2.05) is 0 Å². The molecule has 2 aromatic rings. The minimum atomic E-state index is -4.05. The Morgan fingerprint density at radius 1 is 1.00 bits per heavy atom. The molecule has 0 radical (unpaired) electrons. The first-order valence-electron chi connectivity index (χ1n) is 6.37. The van der Waals surface area contributed by atoms with E-state index in [0.29, 0.717) is 5.56 Å². The van der Waals surface area contributed by atoms with E-state index in [0.717, 1.165) is 12.1 Å². The van der Waals surface area contributed by atoms with Gasteiger partial charge in [-0.15, -0.1) is 0 Å². The van der Waals surface area contributed by atoms with Crippen LogP contribution in [-0.4, -0.2) is 20.1 Å². The van der Waals surface area contributed by atoms with Gasteiger partial charge in [-0.1, -0.05) is 24.3 Å². The van der Waals surface area contributed by atoms with Gasteiger partial charge in [0.25, 0.3) is 0 Å². The number of rotatable bonds is 5. The summed E-state index contributed by atoms with van der Waals surface area (Å²) >= 11 is 0. The molecule has 0 spiro atoms. The van der Waals surface area contributed by atoms with Crippen molar-refractivity contribution in [3.05, 3.63) is 65.7 Å². The molecule has 0 fully saturated rings. The van der Waals surface area contributed by atoms with Crippen molar-refractivity contribution in [3.8, 4) is 0 Å². The van der Waals surface area contributed by atoms with Crippen molar-refractivity contribution >= 4 is 15.7 Å². The highest BCUT2D eigenvalue weighted by Gasteiger charge is 2.22. The third kappa shape index (κ3) is 4.11. The summed E-state index contributed by atoms with van der Waals surface area (Å²) in [5, 5.41) is 2.40. The maximum Gasteiger partial charge on any atom is 0.235 e. The molecular weight excluding hydrogens is 312 g/mol. The van der Waals surface area contributed by atoms with Crippen molar-refractivity contribution in [1.82, 2.24) is 5.32 Å². The van der Waals surface area contributed by atoms with Crippen LogP contribution in [0.2, 0.25) is 0 Å². The van der Waals surface area contributed by atoms with E-state index in [1.54, 1.807) is 0 Å². The van der Waals surface area contributed by atoms with Crippen LogP contribution < -0.4 is 5.32 Å². The van der Waals surface area contributed by atoms with Gasteiger partial charge in [0, 0.05) is 6.54 Å². The van der Waals surface area contributed by atoms with Crippen LogP contribution in [0, 0.1) is 11.6 Å². The average molecular weight is 325 g/mol. The van der Waals surface area contributed by atoms with Gasteiger partial charge in [0.15, 0.2) is 9.84 Å². The van der Waals surface area contributed by atoms with Crippen LogP contribution in [0.5, 0.6) is 0 Å². The van der Waals surface area contributed by atoms with Crippen LogP contribution in [0.3, 0.4) is 0 Å². The number of amides is 1. The van der Waals surface area contributed by atoms with Crippen molar-refractivity contribution < 1.29 is 22.0 Å². The van der Waals surface area contributed by atoms with Gasteiger partial charge in [0.2, 0.25) is 5.91 Å². The highest BCUT2D eigenvalue weighted by Crippen LogP contribution is 2.15. The molecule has 0 aliphatic rings. The summed E-state index contributed by atoms with van der Waals surface area (Å²) in [6, 6.07) is 10.3. The summed E-state index contributed by atoms with van der Waals surface area (Å²) in [7, 11) is -4.05. The van der Waals surface area contributed by atoms with E-state index in [4.69, 9.17) is 0 Å². The lowest BCUT2D eigenvalue weighted by Crippen LogP contribution is -2.30. The normalized spacial score (nSPS) is 11.2. The molecule has 116 valence electrons. The van der Waals surface area contributed by atoms with Gasteiger partial charge in [-0.2, -0.15) is 0 Å². The molecule has 7 heteroatoms. The Bertz CT molecular complexity index is 774. The summed E-state index contributed by atoms with van der Waals surface area (Å²) in [6.07, 6.45) is 0. The molecule has 0 aliphatic carbocycles. The van der Waals surface area contributed by atoms with E-state index in [1.165, 1.54) is 36.4 Å². The van der Waals surface area contributed by atoms with Gasteiger partial charge in [-0.25, -0.2) is 17.2 Å². The van der Waals surface area contributed by atoms with Gasteiger partial charge in [0.1, 0.15) is 22.3 Å². The fraction of sp³-hybridized carbons (Fsp3) is 0.133. The smallest absolute Gasteiger partial charge is 0.235 e. The minimum Gasteiger partial charge on any atom is -0.351 e. The number of carbonyl (C=O) groups is 1. The minimum absolute atomic E-state index is 0.0614. The lowest BCUT2D eigenvalue weighted by Gasteiger charge is -2.07. The van der Waals surface area contributed by atoms with Gasteiger partial charge in [-0.05, 0) is 29.8 Å². The Balaban J connectivity index is 1.99. The maximum atomic E-state index is 13.5. The van der Waals surface area contributed by atoms with Crippen LogP contribution in [0.1, 0.15) is 5.56 Å². The van der Waals surface area contributed by atoms with Gasteiger partial charge >= 0.3 is 0 Å². The molecule has 0 atom stereocenters. The number of hydrogen-bond acceptors (Lipinski definition) is 3. The highest BCUT2D eigenvalue weighted by atomic mass is 32.2. The second-order valence-corrected chi connectivity index (χ2v) is 6.55. The monoisotopic (exact) mass is 325 g/mol. The summed E-state index contributed by atoms with van der Waals surface area (Å²) in [6.45, 7) is 0.0614. The molecule has 0 heterocycles. The second kappa shape index (κ2) is 6.65. The molecular formula is C15H13F2NO3S. The van der Waals surface area contributed by atoms with Crippen molar-refractivity contribution in [2.24, 2.45) is 0 Å². The Morgan fingerprint density at radius 2 is 1.64 bits per heavy atom. The Kier molecular flexibility index (Phi) is 4.87. The van der Waals surface area contributed by atoms with Crippen LogP contribution in [0.4, 0.5) is 8.78 Å². The quantitative estimate of drug-likeness (QED) is 0.915. The predicted octanol–water partition coefficient (Wildman–Crippen LogP) is 2.05. The van der Waals surface area contributed by atoms with E-state index in [9.17, 15) is 22.0 Å². The van der Waals surface area contributed by atoms with E-state index >= 15 is 0 Å². The summed E-state index contributed by atoms with van der Waals surface area (Å²) in [4.78, 5) is 11.2. The van der Waals surface area contributed by atoms with Crippen molar-refractivity contribution in [1.29, 1.82) is 0 Å². The second-order valence-electron chi connectivity index (χ2n) is 4.59. The summed E-state index contributed by atoms with van der Waals surface area (Å²) in [5.41, 5.74) is 0.623. The van der Waals surface area contributed by atoms with Crippen molar-refractivity contribution in [3.63, 3.8) is 0 Å². The predicted molar refractivity (Wildman–Crippen MR) is 76.7 cm³/mol. The SMILES string of the molecule is O=C(CS(=O)(=O)c1ccccc1F)NCc1ccc(F)cc1. The summed E-state index contributed by atoms with van der Waals surface area (Å²) < 4.78 is 50.1. The molecule has 1 amide bonds. The molecule has 0 saturated heterocycles. The zero-order chi connectivity index (χ0) is 16.2. The third-order valence-corrected chi connectivity index (χ3v) is 4.54. The summed E-state index contributed by atoms with van der Waals surface area (Å²) in [5.74, 6) is -2.91. The third-order valence-electron chi connectivity index (χ3n) is 2.90. The highest BCUT2D eigenvalue weighted by molar-refractivity contribution is 7.92. The van der Waals surface area contributed by atoms with Crippen LogP contribution >= 0.6 is 0 Å². The Hall–Kier alpha value is -2.28. The zero-order valence-electron chi connectivity index (χ0n) is 11.4. The molecule has 0 unspecified atom stereocenters. The number of benzene rings is 2. The van der Waals surface area contributed by atoms with Gasteiger partial charge < -0.3 is 5.32 Å². The molecule has 2 aromatic carbocycles. The van der Waals surface area contributed by atoms with E-state index in [2.05, 4.69) is 5.32 Å². The number of sulfone groups is 1. The number of nitrogens with one attached hydrogen (secondary N) is 1. The molecule has 0 aliphatic heterocycles. The first kappa shape index (κ1) is 16.1. The van der Waals surface area contributed by atoms with Gasteiger partial charge in [0.05, 0.1) is 0 Å². The topological polar surface area (TPSA) is 63.2 Å². The fourth-order valence-electron chi connectivity index (χ4n) is 1.80. The first-order valence-corrected chi connectivity index (χ1v) is 8.02. The fourth-order valence-corrected chi connectivity index (χ4v) is 3.06. The molecule has 22 heavy (non-hydrogen) atoms. The first-order chi connectivity index (χ1) is 10.4. The van der Waals surface area contributed by atoms with Gasteiger partial charge in [-0.3, -0.25) is 4.79 Å². The molecule has 4 nitrogen and oxygen atoms in total. The number of halogens is 2. The lowest BCUT2D eigenvalue weighted by molar-refractivity contribution is -0.118. The Morgan fingerprint density at radius 3 is 2.27 bits per heavy atom. The zero-order valence-corrected chi connectivity index (χ0v) is 12.2. The van der Waals surface area contributed by atoms with Crippen LogP contribution in [0.25, 0.3) is 0 Å². The molecule has 1 N–H and O–H groups in total. The van der Waals surface area contributed by atoms with Crippen molar-refractivity contribution in [2.75, 3.05) is 5.75 Å². The average Bonchev–Trinajstić information content (AvgIpc) is 2.46. The van der Waals surface area contributed by atoms with Crippen LogP contribution in [0.15, 0.2) is 53.4 Å². The Labute approximate surface area is 126 Å². The standard InChI is InChI=1S/C15H13F2NO3S/c16-12-7-5-11(6-8-12)9-18-15(19)10-22(20,21)14-4-2-1-3-13(14)17/h1-8H,9-10H2,(H,18,19). The molecule has 0 aromatic heterocycles. The largest absolute Gasteiger partial charge is 0.351 e. The number of hydrogen-bond donors (Lipinski definition) is 1. The molecule has 0 saturated carbocycles. The molecule has 0 bridgehead atoms. The van der Waals surface area contributed by atoms with E-state index < -0.39 is 38.0 Å². The van der Waals surface area contributed by atoms with Crippen LogP contribution in [-0.2, 0) is 21.2 Å². The van der Waals surface area contributed by atoms with Crippen molar-refractivity contribution in [2.45, 2.75) is 11.4 Å². The number of carbonyl (C=O) groups excluding carboxylic acids is 1. The maximum absolute atomic E-state index is 13.5. The lowest BCUT2D eigenvalue weighted by atomic mass is 10.2. The molecule has 2 rings (SSSR count).